The molecule has 2 aliphatic rings. The SMILES string of the molecule is COC1CCC(CC2CC(OC(=O)C(C)(C)C)=C(c3c(C)cc(C)cc3C)C2=O)CC1. The minimum atomic E-state index is -0.616. The van der Waals surface area contributed by atoms with Crippen LogP contribution in [0.3, 0.4) is 0 Å². The Morgan fingerprint density at radius 3 is 2.13 bits per heavy atom. The first-order valence-corrected chi connectivity index (χ1v) is 11.6. The Morgan fingerprint density at radius 1 is 1.03 bits per heavy atom. The van der Waals surface area contributed by atoms with E-state index < -0.39 is 5.41 Å². The zero-order valence-corrected chi connectivity index (χ0v) is 20.3. The first-order chi connectivity index (χ1) is 14.5. The van der Waals surface area contributed by atoms with E-state index in [1.54, 1.807) is 7.11 Å². The lowest BCUT2D eigenvalue weighted by molar-refractivity contribution is -0.148. The predicted octanol–water partition coefficient (Wildman–Crippen LogP) is 6.10. The first kappa shape index (κ1) is 23.7. The average Bonchev–Trinajstić information content (AvgIpc) is 2.96. The minimum Gasteiger partial charge on any atom is -0.430 e. The molecule has 3 rings (SSSR count). The molecular formula is C27H38O4. The van der Waals surface area contributed by atoms with Gasteiger partial charge in [0.25, 0.3) is 0 Å². The van der Waals surface area contributed by atoms with Gasteiger partial charge in [-0.15, -0.1) is 0 Å². The third kappa shape index (κ3) is 5.28. The van der Waals surface area contributed by atoms with Crippen molar-refractivity contribution in [2.45, 2.75) is 86.2 Å². The van der Waals surface area contributed by atoms with E-state index in [-0.39, 0.29) is 17.7 Å². The van der Waals surface area contributed by atoms with Crippen LogP contribution in [0.25, 0.3) is 5.57 Å². The molecule has 31 heavy (non-hydrogen) atoms. The Balaban J connectivity index is 1.90. The van der Waals surface area contributed by atoms with E-state index in [9.17, 15) is 9.59 Å². The highest BCUT2D eigenvalue weighted by Crippen LogP contribution is 2.43. The van der Waals surface area contributed by atoms with E-state index >= 15 is 0 Å². The molecule has 4 nitrogen and oxygen atoms in total. The van der Waals surface area contributed by atoms with E-state index in [1.807, 2.05) is 34.6 Å². The quantitative estimate of drug-likeness (QED) is 0.534. The van der Waals surface area contributed by atoms with Crippen LogP contribution in [0.1, 0.15) is 81.5 Å². The van der Waals surface area contributed by atoms with Gasteiger partial charge >= 0.3 is 5.97 Å². The van der Waals surface area contributed by atoms with E-state index in [0.717, 1.165) is 48.8 Å². The second-order valence-electron chi connectivity index (χ2n) is 10.6. The lowest BCUT2D eigenvalue weighted by Crippen LogP contribution is -2.24. The van der Waals surface area contributed by atoms with Crippen LogP contribution in [0.15, 0.2) is 17.9 Å². The van der Waals surface area contributed by atoms with Crippen molar-refractivity contribution in [2.75, 3.05) is 7.11 Å². The fourth-order valence-corrected chi connectivity index (χ4v) is 5.15. The second kappa shape index (κ2) is 9.28. The summed E-state index contributed by atoms with van der Waals surface area (Å²) in [7, 11) is 1.78. The molecule has 1 fully saturated rings. The maximum atomic E-state index is 13.7. The highest BCUT2D eigenvalue weighted by molar-refractivity contribution is 6.25. The molecule has 2 aliphatic carbocycles. The number of ether oxygens (including phenoxy) is 2. The Morgan fingerprint density at radius 2 is 1.61 bits per heavy atom. The molecule has 170 valence electrons. The zero-order chi connectivity index (χ0) is 22.9. The number of rotatable bonds is 5. The van der Waals surface area contributed by atoms with Crippen LogP contribution >= 0.6 is 0 Å². The molecule has 0 aromatic heterocycles. The van der Waals surface area contributed by atoms with E-state index in [0.29, 0.717) is 29.8 Å². The molecular weight excluding hydrogens is 388 g/mol. The average molecular weight is 427 g/mol. The van der Waals surface area contributed by atoms with Gasteiger partial charge in [0.1, 0.15) is 5.76 Å². The van der Waals surface area contributed by atoms with Crippen LogP contribution in [-0.2, 0) is 19.1 Å². The molecule has 1 aromatic rings. The van der Waals surface area contributed by atoms with E-state index in [2.05, 4.69) is 19.1 Å². The summed E-state index contributed by atoms with van der Waals surface area (Å²) in [6.45, 7) is 11.7. The topological polar surface area (TPSA) is 52.6 Å². The van der Waals surface area contributed by atoms with Crippen molar-refractivity contribution >= 4 is 17.3 Å². The van der Waals surface area contributed by atoms with Crippen molar-refractivity contribution in [3.05, 3.63) is 40.1 Å². The van der Waals surface area contributed by atoms with Gasteiger partial charge in [-0.2, -0.15) is 0 Å². The van der Waals surface area contributed by atoms with Crippen molar-refractivity contribution in [3.8, 4) is 0 Å². The summed E-state index contributed by atoms with van der Waals surface area (Å²) in [6.07, 6.45) is 6.04. The minimum absolute atomic E-state index is 0.109. The highest BCUT2D eigenvalue weighted by Gasteiger charge is 2.40. The number of Topliss-reactive ketones (excluding diaryl/α,β-unsaturated/α-hetero) is 1. The lowest BCUT2D eigenvalue weighted by atomic mass is 9.80. The first-order valence-electron chi connectivity index (χ1n) is 11.6. The Hall–Kier alpha value is -1.94. The normalized spacial score (nSPS) is 24.6. The van der Waals surface area contributed by atoms with Gasteiger partial charge in [0.15, 0.2) is 5.78 Å². The molecule has 0 amide bonds. The summed E-state index contributed by atoms with van der Waals surface area (Å²) in [5.41, 5.74) is 4.25. The van der Waals surface area contributed by atoms with Gasteiger partial charge < -0.3 is 9.47 Å². The fourth-order valence-electron chi connectivity index (χ4n) is 5.15. The maximum absolute atomic E-state index is 13.7. The van der Waals surface area contributed by atoms with Crippen molar-refractivity contribution in [1.82, 2.24) is 0 Å². The van der Waals surface area contributed by atoms with Gasteiger partial charge in [0.05, 0.1) is 17.1 Å². The number of allylic oxidation sites excluding steroid dienone is 2. The monoisotopic (exact) mass is 426 g/mol. The van der Waals surface area contributed by atoms with Crippen LogP contribution in [0.4, 0.5) is 0 Å². The predicted molar refractivity (Wildman–Crippen MR) is 124 cm³/mol. The van der Waals surface area contributed by atoms with Crippen molar-refractivity contribution in [3.63, 3.8) is 0 Å². The number of ketones is 1. The number of esters is 1. The van der Waals surface area contributed by atoms with Gasteiger partial charge in [0, 0.05) is 19.4 Å². The van der Waals surface area contributed by atoms with Gasteiger partial charge in [-0.05, 0) is 96.3 Å². The molecule has 1 saturated carbocycles. The summed E-state index contributed by atoms with van der Waals surface area (Å²) in [4.78, 5) is 26.4. The Labute approximate surface area is 187 Å². The lowest BCUT2D eigenvalue weighted by Gasteiger charge is -2.29. The molecule has 0 spiro atoms. The third-order valence-electron chi connectivity index (χ3n) is 6.83. The molecule has 1 unspecified atom stereocenters. The van der Waals surface area contributed by atoms with Gasteiger partial charge in [-0.25, -0.2) is 0 Å². The molecule has 0 radical (unpaired) electrons. The summed E-state index contributed by atoms with van der Waals surface area (Å²) in [5.74, 6) is 0.842. The maximum Gasteiger partial charge on any atom is 0.316 e. The molecule has 0 N–H and O–H groups in total. The van der Waals surface area contributed by atoms with Crippen molar-refractivity contribution < 1.29 is 19.1 Å². The number of carbonyl (C=O) groups excluding carboxylic acids is 2. The molecule has 4 heteroatoms. The van der Waals surface area contributed by atoms with Crippen LogP contribution in [-0.4, -0.2) is 25.0 Å². The molecule has 0 bridgehead atoms. The largest absolute Gasteiger partial charge is 0.430 e. The second-order valence-corrected chi connectivity index (χ2v) is 10.6. The van der Waals surface area contributed by atoms with Crippen LogP contribution in [0.2, 0.25) is 0 Å². The van der Waals surface area contributed by atoms with E-state index in [4.69, 9.17) is 9.47 Å². The van der Waals surface area contributed by atoms with Gasteiger partial charge in [-0.1, -0.05) is 17.7 Å². The Kier molecular flexibility index (Phi) is 7.10. The summed E-state index contributed by atoms with van der Waals surface area (Å²) >= 11 is 0. The van der Waals surface area contributed by atoms with Gasteiger partial charge in [-0.3, -0.25) is 9.59 Å². The van der Waals surface area contributed by atoms with Crippen molar-refractivity contribution in [2.24, 2.45) is 17.3 Å². The standard InChI is InChI=1S/C27H38O4/c1-16-12-17(2)23(18(3)13-16)24-22(31-26(29)27(4,5)6)15-20(25(24)28)14-19-8-10-21(30-7)11-9-19/h12-13,19-21H,8-11,14-15H2,1-7H3. The summed E-state index contributed by atoms with van der Waals surface area (Å²) in [5, 5.41) is 0. The molecule has 1 atom stereocenters. The van der Waals surface area contributed by atoms with Crippen LogP contribution in [0.5, 0.6) is 0 Å². The summed E-state index contributed by atoms with van der Waals surface area (Å²) < 4.78 is 11.4. The molecule has 1 aromatic carbocycles. The molecule has 0 heterocycles. The van der Waals surface area contributed by atoms with Crippen molar-refractivity contribution in [1.29, 1.82) is 0 Å². The van der Waals surface area contributed by atoms with Crippen LogP contribution in [0, 0.1) is 38.0 Å². The summed E-state index contributed by atoms with van der Waals surface area (Å²) in [6, 6.07) is 4.20. The Bertz CT molecular complexity index is 856. The number of aryl methyl sites for hydroxylation is 3. The van der Waals surface area contributed by atoms with E-state index in [1.165, 1.54) is 5.56 Å². The van der Waals surface area contributed by atoms with Gasteiger partial charge in [0.2, 0.25) is 0 Å². The third-order valence-corrected chi connectivity index (χ3v) is 6.83. The smallest absolute Gasteiger partial charge is 0.316 e. The molecule has 0 saturated heterocycles. The number of hydrogen-bond acceptors (Lipinski definition) is 4. The van der Waals surface area contributed by atoms with Crippen LogP contribution < -0.4 is 0 Å². The number of benzene rings is 1. The fraction of sp³-hybridized carbons (Fsp3) is 0.630. The number of carbonyl (C=O) groups is 2. The molecule has 0 aliphatic heterocycles. The zero-order valence-electron chi connectivity index (χ0n) is 20.3. The highest BCUT2D eigenvalue weighted by atomic mass is 16.5. The number of hydrogen-bond donors (Lipinski definition) is 0. The number of methoxy groups -OCH3 is 1.